The van der Waals surface area contributed by atoms with Gasteiger partial charge in [-0.2, -0.15) is 0 Å². The van der Waals surface area contributed by atoms with Crippen molar-refractivity contribution < 1.29 is 4.39 Å². The lowest BCUT2D eigenvalue weighted by Gasteiger charge is -2.40. The van der Waals surface area contributed by atoms with Crippen LogP contribution >= 0.6 is 0 Å². The highest BCUT2D eigenvalue weighted by atomic mass is 19.1. The second kappa shape index (κ2) is 8.27. The number of halogens is 1. The molecule has 168 valence electrons. The van der Waals surface area contributed by atoms with Crippen molar-refractivity contribution in [3.8, 4) is 22.6 Å². The molecule has 8 nitrogen and oxygen atoms in total. The molecule has 1 fully saturated rings. The second-order valence-electron chi connectivity index (χ2n) is 8.38. The summed E-state index contributed by atoms with van der Waals surface area (Å²) in [6.07, 6.45) is 6.89. The van der Waals surface area contributed by atoms with Gasteiger partial charge >= 0.3 is 0 Å². The normalized spacial score (nSPS) is 14.4. The van der Waals surface area contributed by atoms with E-state index in [0.717, 1.165) is 47.6 Å². The molecule has 2 N–H and O–H groups in total. The second-order valence-corrected chi connectivity index (χ2v) is 8.38. The van der Waals surface area contributed by atoms with Crippen molar-refractivity contribution in [2.24, 2.45) is 0 Å². The first-order valence-electron chi connectivity index (χ1n) is 11.0. The molecular weight excluding hydrogens is 431 g/mol. The highest BCUT2D eigenvalue weighted by Crippen LogP contribution is 2.35. The van der Waals surface area contributed by atoms with Crippen LogP contribution in [0.4, 0.5) is 10.3 Å². The fraction of sp³-hybridized carbons (Fsp3) is 0.160. The van der Waals surface area contributed by atoms with Crippen LogP contribution in [0, 0.1) is 5.82 Å². The molecule has 5 aromatic rings. The number of rotatable bonds is 5. The molecule has 1 saturated heterocycles. The van der Waals surface area contributed by atoms with E-state index in [2.05, 4.69) is 46.5 Å². The molecule has 0 aliphatic carbocycles. The number of hydrogen-bond acceptors (Lipinski definition) is 7. The van der Waals surface area contributed by atoms with E-state index in [1.54, 1.807) is 30.7 Å². The van der Waals surface area contributed by atoms with Crippen molar-refractivity contribution >= 4 is 17.0 Å². The molecule has 0 atom stereocenters. The lowest BCUT2D eigenvalue weighted by Crippen LogP contribution is -2.47. The predicted molar refractivity (Wildman–Crippen MR) is 127 cm³/mol. The zero-order valence-corrected chi connectivity index (χ0v) is 18.2. The zero-order chi connectivity index (χ0) is 23.1. The number of anilines is 1. The Morgan fingerprint density at radius 2 is 1.68 bits per heavy atom. The van der Waals surface area contributed by atoms with Gasteiger partial charge in [0.15, 0.2) is 0 Å². The van der Waals surface area contributed by atoms with Crippen LogP contribution in [0.5, 0.6) is 0 Å². The first-order valence-corrected chi connectivity index (χ1v) is 11.0. The molecule has 3 aromatic heterocycles. The van der Waals surface area contributed by atoms with Crippen molar-refractivity contribution in [1.29, 1.82) is 0 Å². The Morgan fingerprint density at radius 1 is 0.882 bits per heavy atom. The number of aromatic nitrogens is 6. The van der Waals surface area contributed by atoms with Crippen LogP contribution in [0.3, 0.4) is 0 Å². The van der Waals surface area contributed by atoms with E-state index in [1.807, 2.05) is 18.5 Å². The Labute approximate surface area is 195 Å². The molecule has 0 saturated carbocycles. The minimum absolute atomic E-state index is 0.199. The highest BCUT2D eigenvalue weighted by Gasteiger charge is 2.31. The lowest BCUT2D eigenvalue weighted by molar-refractivity contribution is 0.0998. The van der Waals surface area contributed by atoms with Gasteiger partial charge in [0.1, 0.15) is 5.82 Å². The summed E-state index contributed by atoms with van der Waals surface area (Å²) < 4.78 is 15.7. The Balaban J connectivity index is 1.27. The molecule has 1 aliphatic rings. The van der Waals surface area contributed by atoms with Gasteiger partial charge in [0.2, 0.25) is 5.95 Å². The summed E-state index contributed by atoms with van der Waals surface area (Å²) in [6, 6.07) is 14.6. The molecule has 4 heterocycles. The van der Waals surface area contributed by atoms with Gasteiger partial charge in [0, 0.05) is 43.8 Å². The number of benzene rings is 2. The number of hydrogen-bond donors (Lipinski definition) is 1. The Bertz CT molecular complexity index is 1470. The smallest absolute Gasteiger partial charge is 0.220 e. The van der Waals surface area contributed by atoms with Gasteiger partial charge in [-0.05, 0) is 48.0 Å². The molecule has 6 rings (SSSR count). The SMILES string of the molecule is Nc1nccc(-c2c(-c3ccc(F)cc3)ncn2C2CN(Cc3ccc4nccnc4c3)C2)n1. The fourth-order valence-corrected chi connectivity index (χ4v) is 4.43. The summed E-state index contributed by atoms with van der Waals surface area (Å²) >= 11 is 0. The minimum Gasteiger partial charge on any atom is -0.368 e. The zero-order valence-electron chi connectivity index (χ0n) is 18.2. The number of fused-ring (bicyclic) bond motifs is 1. The summed E-state index contributed by atoms with van der Waals surface area (Å²) in [5.41, 5.74) is 12.0. The van der Waals surface area contributed by atoms with Gasteiger partial charge in [-0.25, -0.2) is 19.3 Å². The largest absolute Gasteiger partial charge is 0.368 e. The predicted octanol–water partition coefficient (Wildman–Crippen LogP) is 3.73. The van der Waals surface area contributed by atoms with E-state index in [0.29, 0.717) is 5.69 Å². The van der Waals surface area contributed by atoms with Crippen molar-refractivity contribution in [2.45, 2.75) is 12.6 Å². The average molecular weight is 452 g/mol. The van der Waals surface area contributed by atoms with E-state index >= 15 is 0 Å². The van der Waals surface area contributed by atoms with Crippen LogP contribution < -0.4 is 5.73 Å². The summed E-state index contributed by atoms with van der Waals surface area (Å²) in [7, 11) is 0. The summed E-state index contributed by atoms with van der Waals surface area (Å²) in [5.74, 6) is -0.0877. The molecule has 0 radical (unpaired) electrons. The molecule has 34 heavy (non-hydrogen) atoms. The lowest BCUT2D eigenvalue weighted by atomic mass is 10.0. The number of imidazole rings is 1. The minimum atomic E-state index is -0.287. The van der Waals surface area contributed by atoms with Gasteiger partial charge in [-0.3, -0.25) is 14.9 Å². The van der Waals surface area contributed by atoms with Gasteiger partial charge in [-0.1, -0.05) is 6.07 Å². The van der Waals surface area contributed by atoms with Crippen molar-refractivity contribution in [2.75, 3.05) is 18.8 Å². The van der Waals surface area contributed by atoms with E-state index in [1.165, 1.54) is 17.7 Å². The number of nitrogens with two attached hydrogens (primary N) is 1. The topological polar surface area (TPSA) is 98.6 Å². The number of nitrogens with zero attached hydrogens (tertiary/aromatic N) is 7. The third-order valence-corrected chi connectivity index (χ3v) is 6.10. The van der Waals surface area contributed by atoms with Crippen LogP contribution in [-0.2, 0) is 6.54 Å². The summed E-state index contributed by atoms with van der Waals surface area (Å²) in [5, 5.41) is 0. The molecule has 0 spiro atoms. The molecular formula is C25H21FN8. The van der Waals surface area contributed by atoms with Gasteiger partial charge in [0.25, 0.3) is 0 Å². The van der Waals surface area contributed by atoms with Crippen LogP contribution in [-0.4, -0.2) is 47.5 Å². The van der Waals surface area contributed by atoms with Crippen molar-refractivity contribution in [3.05, 3.63) is 84.8 Å². The molecule has 0 amide bonds. The van der Waals surface area contributed by atoms with E-state index in [-0.39, 0.29) is 17.8 Å². The first-order chi connectivity index (χ1) is 16.6. The van der Waals surface area contributed by atoms with Crippen molar-refractivity contribution in [1.82, 2.24) is 34.4 Å². The third kappa shape index (κ3) is 3.75. The highest BCUT2D eigenvalue weighted by molar-refractivity contribution is 5.77. The Kier molecular flexibility index (Phi) is 4.96. The van der Waals surface area contributed by atoms with Crippen LogP contribution in [0.1, 0.15) is 11.6 Å². The monoisotopic (exact) mass is 452 g/mol. The third-order valence-electron chi connectivity index (χ3n) is 6.10. The van der Waals surface area contributed by atoms with Gasteiger partial charge in [-0.15, -0.1) is 0 Å². The van der Waals surface area contributed by atoms with Gasteiger partial charge in [0.05, 0.1) is 40.5 Å². The summed E-state index contributed by atoms with van der Waals surface area (Å²) in [6.45, 7) is 2.56. The summed E-state index contributed by atoms with van der Waals surface area (Å²) in [4.78, 5) is 24.3. The number of likely N-dealkylation sites (tertiary alicyclic amines) is 1. The standard InChI is InChI=1S/C25H21FN8/c26-18-4-2-17(3-5-18)23-24(21-7-8-30-25(27)32-21)34(15-31-23)19-13-33(14-19)12-16-1-6-20-22(11-16)29-10-9-28-20/h1-11,15,19H,12-14H2,(H2,27,30,32). The average Bonchev–Trinajstić information content (AvgIpc) is 3.26. The maximum Gasteiger partial charge on any atom is 0.220 e. The Hall–Kier alpha value is -4.24. The molecule has 1 aliphatic heterocycles. The van der Waals surface area contributed by atoms with Crippen molar-refractivity contribution in [3.63, 3.8) is 0 Å². The molecule has 2 aromatic carbocycles. The molecule has 0 bridgehead atoms. The Morgan fingerprint density at radius 3 is 2.47 bits per heavy atom. The fourth-order valence-electron chi connectivity index (χ4n) is 4.43. The van der Waals surface area contributed by atoms with E-state index in [9.17, 15) is 4.39 Å². The number of nitrogen functional groups attached to an aromatic ring is 1. The van der Waals surface area contributed by atoms with Crippen LogP contribution in [0.2, 0.25) is 0 Å². The van der Waals surface area contributed by atoms with Gasteiger partial charge < -0.3 is 10.3 Å². The van der Waals surface area contributed by atoms with Crippen LogP contribution in [0.15, 0.2) is 73.4 Å². The van der Waals surface area contributed by atoms with E-state index < -0.39 is 0 Å². The maximum atomic E-state index is 13.5. The quantitative estimate of drug-likeness (QED) is 0.434. The molecule has 0 unspecified atom stereocenters. The van der Waals surface area contributed by atoms with E-state index in [4.69, 9.17) is 5.73 Å². The maximum absolute atomic E-state index is 13.5. The molecule has 9 heteroatoms. The van der Waals surface area contributed by atoms with Crippen LogP contribution in [0.25, 0.3) is 33.7 Å². The first kappa shape index (κ1) is 20.4.